The van der Waals surface area contributed by atoms with E-state index in [0.717, 1.165) is 45.8 Å². The molecule has 0 spiro atoms. The van der Waals surface area contributed by atoms with E-state index in [0.29, 0.717) is 5.92 Å². The molecule has 2 saturated heterocycles. The molecule has 0 aromatic rings. The number of nitrogens with zero attached hydrogens (tertiary/aromatic N) is 2. The highest BCUT2D eigenvalue weighted by atomic mass is 16.5. The van der Waals surface area contributed by atoms with E-state index in [4.69, 9.17) is 4.74 Å². The van der Waals surface area contributed by atoms with E-state index in [1.54, 1.807) is 0 Å². The first-order valence-electron chi connectivity index (χ1n) is 7.87. The average molecular weight is 283 g/mol. The molecule has 2 heterocycles. The zero-order valence-corrected chi connectivity index (χ0v) is 13.3. The van der Waals surface area contributed by atoms with Crippen LogP contribution in [0.3, 0.4) is 0 Å². The molecule has 5 nitrogen and oxygen atoms in total. The van der Waals surface area contributed by atoms with E-state index in [2.05, 4.69) is 31.0 Å². The smallest absolute Gasteiger partial charge is 0.243 e. The van der Waals surface area contributed by atoms with Gasteiger partial charge in [-0.05, 0) is 19.3 Å². The standard InChI is InChI=1S/C15H29N3O2/c1-5-15(4)14(19)18(13(16-15)12(2)3)7-6-17-8-10-20-11-9-17/h12-13,16H,5-11H2,1-4H3. The van der Waals surface area contributed by atoms with Crippen LogP contribution in [0, 0.1) is 5.92 Å². The summed E-state index contributed by atoms with van der Waals surface area (Å²) in [5.41, 5.74) is -0.389. The highest BCUT2D eigenvalue weighted by Crippen LogP contribution is 2.26. The van der Waals surface area contributed by atoms with E-state index in [1.165, 1.54) is 0 Å². The summed E-state index contributed by atoms with van der Waals surface area (Å²) in [5, 5.41) is 3.54. The number of amides is 1. The molecule has 2 fully saturated rings. The number of hydrogen-bond acceptors (Lipinski definition) is 4. The zero-order valence-electron chi connectivity index (χ0n) is 13.3. The first-order valence-corrected chi connectivity index (χ1v) is 7.87. The lowest BCUT2D eigenvalue weighted by Gasteiger charge is -2.31. The normalized spacial score (nSPS) is 32.4. The van der Waals surface area contributed by atoms with Crippen molar-refractivity contribution in [2.45, 2.75) is 45.8 Å². The maximum atomic E-state index is 12.7. The number of ether oxygens (including phenoxy) is 1. The molecule has 5 heteroatoms. The average Bonchev–Trinajstić information content (AvgIpc) is 2.71. The minimum Gasteiger partial charge on any atom is -0.379 e. The van der Waals surface area contributed by atoms with Gasteiger partial charge < -0.3 is 9.64 Å². The van der Waals surface area contributed by atoms with E-state index in [9.17, 15) is 4.79 Å². The molecule has 0 aromatic carbocycles. The van der Waals surface area contributed by atoms with Crippen LogP contribution in [0.1, 0.15) is 34.1 Å². The highest BCUT2D eigenvalue weighted by Gasteiger charge is 2.47. The maximum Gasteiger partial charge on any atom is 0.243 e. The Morgan fingerprint density at radius 3 is 2.55 bits per heavy atom. The number of morpholine rings is 1. The van der Waals surface area contributed by atoms with Gasteiger partial charge in [0, 0.05) is 26.2 Å². The summed E-state index contributed by atoms with van der Waals surface area (Å²) in [6.45, 7) is 13.8. The van der Waals surface area contributed by atoms with Gasteiger partial charge in [-0.2, -0.15) is 0 Å². The molecule has 0 bridgehead atoms. The van der Waals surface area contributed by atoms with Crippen LogP contribution in [0.25, 0.3) is 0 Å². The molecule has 1 N–H and O–H groups in total. The van der Waals surface area contributed by atoms with Crippen LogP contribution in [-0.4, -0.2) is 66.8 Å². The summed E-state index contributed by atoms with van der Waals surface area (Å²) in [6.07, 6.45) is 0.997. The van der Waals surface area contributed by atoms with Gasteiger partial charge in [-0.1, -0.05) is 20.8 Å². The van der Waals surface area contributed by atoms with Crippen LogP contribution < -0.4 is 5.32 Å². The SMILES string of the molecule is CCC1(C)NC(C(C)C)N(CCN2CCOCC2)C1=O. The summed E-state index contributed by atoms with van der Waals surface area (Å²) >= 11 is 0. The fraction of sp³-hybridized carbons (Fsp3) is 0.933. The lowest BCUT2D eigenvalue weighted by molar-refractivity contribution is -0.133. The van der Waals surface area contributed by atoms with Crippen LogP contribution in [0.2, 0.25) is 0 Å². The molecular weight excluding hydrogens is 254 g/mol. The molecule has 0 aromatic heterocycles. The van der Waals surface area contributed by atoms with Crippen molar-refractivity contribution in [3.63, 3.8) is 0 Å². The molecule has 1 amide bonds. The third-order valence-corrected chi connectivity index (χ3v) is 4.63. The Bertz CT molecular complexity index is 342. The van der Waals surface area contributed by atoms with Crippen molar-refractivity contribution in [2.24, 2.45) is 5.92 Å². The molecular formula is C15H29N3O2. The second-order valence-corrected chi connectivity index (χ2v) is 6.47. The molecule has 2 aliphatic rings. The number of nitrogens with one attached hydrogen (secondary N) is 1. The van der Waals surface area contributed by atoms with E-state index in [-0.39, 0.29) is 17.6 Å². The predicted molar refractivity (Wildman–Crippen MR) is 79.4 cm³/mol. The minimum atomic E-state index is -0.389. The largest absolute Gasteiger partial charge is 0.379 e. The van der Waals surface area contributed by atoms with Gasteiger partial charge in [-0.25, -0.2) is 0 Å². The van der Waals surface area contributed by atoms with Gasteiger partial charge in [-0.15, -0.1) is 0 Å². The van der Waals surface area contributed by atoms with Gasteiger partial charge in [0.2, 0.25) is 5.91 Å². The lowest BCUT2D eigenvalue weighted by atomic mass is 9.99. The molecule has 2 rings (SSSR count). The van der Waals surface area contributed by atoms with Crippen LogP contribution in [0.5, 0.6) is 0 Å². The van der Waals surface area contributed by atoms with Gasteiger partial charge in [0.05, 0.1) is 24.9 Å². The number of rotatable bonds is 5. The highest BCUT2D eigenvalue weighted by molar-refractivity contribution is 5.88. The second kappa shape index (κ2) is 6.41. The molecule has 2 aliphatic heterocycles. The Kier molecular flexibility index (Phi) is 5.04. The zero-order chi connectivity index (χ0) is 14.8. The third kappa shape index (κ3) is 3.15. The first-order chi connectivity index (χ1) is 9.48. The van der Waals surface area contributed by atoms with Crippen LogP contribution in [0.4, 0.5) is 0 Å². The molecule has 116 valence electrons. The maximum absolute atomic E-state index is 12.7. The number of carbonyl (C=O) groups is 1. The second-order valence-electron chi connectivity index (χ2n) is 6.47. The Labute approximate surface area is 122 Å². The summed E-state index contributed by atoms with van der Waals surface area (Å²) in [7, 11) is 0. The van der Waals surface area contributed by atoms with Crippen molar-refractivity contribution in [3.8, 4) is 0 Å². The van der Waals surface area contributed by atoms with Gasteiger partial charge in [0.15, 0.2) is 0 Å². The Morgan fingerprint density at radius 2 is 2.00 bits per heavy atom. The van der Waals surface area contributed by atoms with Gasteiger partial charge >= 0.3 is 0 Å². The van der Waals surface area contributed by atoms with Crippen molar-refractivity contribution in [1.29, 1.82) is 0 Å². The molecule has 0 saturated carbocycles. The van der Waals surface area contributed by atoms with Gasteiger partial charge in [0.1, 0.15) is 0 Å². The lowest BCUT2D eigenvalue weighted by Crippen LogP contribution is -2.47. The van der Waals surface area contributed by atoms with Crippen LogP contribution in [-0.2, 0) is 9.53 Å². The fourth-order valence-electron chi connectivity index (χ4n) is 3.00. The van der Waals surface area contributed by atoms with Crippen molar-refractivity contribution in [2.75, 3.05) is 39.4 Å². The Hall–Kier alpha value is -0.650. The van der Waals surface area contributed by atoms with E-state index < -0.39 is 0 Å². The first kappa shape index (κ1) is 15.7. The van der Waals surface area contributed by atoms with Crippen LogP contribution >= 0.6 is 0 Å². The fourth-order valence-corrected chi connectivity index (χ4v) is 3.00. The topological polar surface area (TPSA) is 44.8 Å². The van der Waals surface area contributed by atoms with E-state index >= 15 is 0 Å². The monoisotopic (exact) mass is 283 g/mol. The Balaban J connectivity index is 1.97. The summed E-state index contributed by atoms with van der Waals surface area (Å²) in [4.78, 5) is 17.1. The third-order valence-electron chi connectivity index (χ3n) is 4.63. The molecule has 0 radical (unpaired) electrons. The van der Waals surface area contributed by atoms with Crippen LogP contribution in [0.15, 0.2) is 0 Å². The van der Waals surface area contributed by atoms with Crippen molar-refractivity contribution < 1.29 is 9.53 Å². The summed E-state index contributed by atoms with van der Waals surface area (Å²) in [6, 6.07) is 0. The quantitative estimate of drug-likeness (QED) is 0.814. The molecule has 20 heavy (non-hydrogen) atoms. The predicted octanol–water partition coefficient (Wildman–Crippen LogP) is 0.901. The van der Waals surface area contributed by atoms with E-state index in [1.807, 2.05) is 11.8 Å². The van der Waals surface area contributed by atoms with Crippen molar-refractivity contribution >= 4 is 5.91 Å². The number of carbonyl (C=O) groups excluding carboxylic acids is 1. The number of hydrogen-bond donors (Lipinski definition) is 1. The van der Waals surface area contributed by atoms with Crippen molar-refractivity contribution in [3.05, 3.63) is 0 Å². The molecule has 2 unspecified atom stereocenters. The summed E-state index contributed by atoms with van der Waals surface area (Å²) in [5.74, 6) is 0.684. The minimum absolute atomic E-state index is 0.161. The summed E-state index contributed by atoms with van der Waals surface area (Å²) < 4.78 is 5.37. The molecule has 2 atom stereocenters. The van der Waals surface area contributed by atoms with Crippen molar-refractivity contribution in [1.82, 2.24) is 15.1 Å². The molecule has 0 aliphatic carbocycles. The Morgan fingerprint density at radius 1 is 1.35 bits per heavy atom. The van der Waals surface area contributed by atoms with Gasteiger partial charge in [-0.3, -0.25) is 15.0 Å². The van der Waals surface area contributed by atoms with Gasteiger partial charge in [0.25, 0.3) is 0 Å².